The average molecular weight is 156 g/mol. The summed E-state index contributed by atoms with van der Waals surface area (Å²) in [6.45, 7) is 5.62. The van der Waals surface area contributed by atoms with E-state index in [2.05, 4.69) is 0 Å². The fraction of sp³-hybridized carbons (Fsp3) is 0.875. The molecule has 1 saturated heterocycles. The zero-order valence-corrected chi connectivity index (χ0v) is 7.21. The van der Waals surface area contributed by atoms with E-state index in [0.717, 1.165) is 19.5 Å². The second kappa shape index (κ2) is 3.22. The van der Waals surface area contributed by atoms with Gasteiger partial charge in [0.15, 0.2) is 0 Å². The molecule has 0 radical (unpaired) electrons. The Hall–Kier alpha value is -0.570. The molecule has 0 bridgehead atoms. The van der Waals surface area contributed by atoms with E-state index < -0.39 is 0 Å². The Kier molecular flexibility index (Phi) is 2.49. The normalized spacial score (nSPS) is 22.3. The second-order valence-corrected chi connectivity index (χ2v) is 3.33. The molecule has 1 fully saturated rings. The number of hydrogen-bond acceptors (Lipinski definition) is 2. The molecule has 2 unspecified atom stereocenters. The summed E-state index contributed by atoms with van der Waals surface area (Å²) in [4.78, 5) is 13.3. The number of carbonyl (C=O) groups is 1. The highest BCUT2D eigenvalue weighted by Gasteiger charge is 2.26. The molecule has 1 aliphatic heterocycles. The molecule has 64 valence electrons. The van der Waals surface area contributed by atoms with E-state index in [1.807, 2.05) is 18.7 Å². The molecule has 11 heavy (non-hydrogen) atoms. The summed E-state index contributed by atoms with van der Waals surface area (Å²) in [5.74, 6) is 0.196. The van der Waals surface area contributed by atoms with Gasteiger partial charge in [-0.1, -0.05) is 6.92 Å². The minimum absolute atomic E-state index is 0.0182. The number of hydrogen-bond donors (Lipinski definition) is 1. The van der Waals surface area contributed by atoms with E-state index in [1.165, 1.54) is 0 Å². The van der Waals surface area contributed by atoms with Crippen LogP contribution in [0.15, 0.2) is 0 Å². The minimum atomic E-state index is -0.0249. The van der Waals surface area contributed by atoms with Gasteiger partial charge in [0.25, 0.3) is 0 Å². The van der Waals surface area contributed by atoms with Crippen molar-refractivity contribution in [2.45, 2.75) is 26.3 Å². The lowest BCUT2D eigenvalue weighted by molar-refractivity contribution is -0.138. The second-order valence-electron chi connectivity index (χ2n) is 3.33. The van der Waals surface area contributed by atoms with Crippen molar-refractivity contribution in [2.24, 2.45) is 11.7 Å². The van der Waals surface area contributed by atoms with E-state index in [0.29, 0.717) is 0 Å². The Morgan fingerprint density at radius 3 is 2.27 bits per heavy atom. The van der Waals surface area contributed by atoms with Crippen LogP contribution >= 0.6 is 0 Å². The summed E-state index contributed by atoms with van der Waals surface area (Å²) in [5.41, 5.74) is 5.61. The first-order valence-corrected chi connectivity index (χ1v) is 4.17. The van der Waals surface area contributed by atoms with Gasteiger partial charge < -0.3 is 10.6 Å². The lowest BCUT2D eigenvalue weighted by Crippen LogP contribution is -2.48. The van der Waals surface area contributed by atoms with Gasteiger partial charge in [-0.25, -0.2) is 0 Å². The lowest BCUT2D eigenvalue weighted by Gasteiger charge is -2.34. The molecule has 0 spiro atoms. The summed E-state index contributed by atoms with van der Waals surface area (Å²) in [7, 11) is 0. The molecule has 1 aliphatic rings. The van der Waals surface area contributed by atoms with E-state index >= 15 is 0 Å². The van der Waals surface area contributed by atoms with Crippen molar-refractivity contribution in [3.05, 3.63) is 0 Å². The van der Waals surface area contributed by atoms with Crippen LogP contribution in [0.5, 0.6) is 0 Å². The maximum Gasteiger partial charge on any atom is 0.226 e. The monoisotopic (exact) mass is 156 g/mol. The van der Waals surface area contributed by atoms with Gasteiger partial charge in [0.1, 0.15) is 0 Å². The molecule has 0 saturated carbocycles. The van der Waals surface area contributed by atoms with Gasteiger partial charge >= 0.3 is 0 Å². The molecular weight excluding hydrogens is 140 g/mol. The van der Waals surface area contributed by atoms with Crippen LogP contribution in [0, 0.1) is 5.92 Å². The summed E-state index contributed by atoms with van der Waals surface area (Å²) < 4.78 is 0. The lowest BCUT2D eigenvalue weighted by atomic mass is 10.0. The highest BCUT2D eigenvalue weighted by molar-refractivity contribution is 5.79. The van der Waals surface area contributed by atoms with Gasteiger partial charge in [-0.3, -0.25) is 4.79 Å². The minimum Gasteiger partial charge on any atom is -0.342 e. The van der Waals surface area contributed by atoms with Gasteiger partial charge in [0.05, 0.1) is 5.92 Å². The maximum absolute atomic E-state index is 11.4. The first-order valence-electron chi connectivity index (χ1n) is 4.17. The highest BCUT2D eigenvalue weighted by Crippen LogP contribution is 2.12. The standard InChI is InChI=1S/C8H16N2O/c1-6(7(2)9)8(11)10-4-3-5-10/h6-7H,3-5,9H2,1-2H3. The predicted molar refractivity (Wildman–Crippen MR) is 44.0 cm³/mol. The number of nitrogens with two attached hydrogens (primary N) is 1. The van der Waals surface area contributed by atoms with Gasteiger partial charge in [-0.05, 0) is 13.3 Å². The number of rotatable bonds is 2. The zero-order valence-electron chi connectivity index (χ0n) is 7.21. The van der Waals surface area contributed by atoms with Crippen LogP contribution in [0.4, 0.5) is 0 Å². The van der Waals surface area contributed by atoms with Crippen molar-refractivity contribution in [3.8, 4) is 0 Å². The van der Waals surface area contributed by atoms with Crippen molar-refractivity contribution >= 4 is 5.91 Å². The fourth-order valence-corrected chi connectivity index (χ4v) is 1.05. The van der Waals surface area contributed by atoms with Crippen LogP contribution in [0.3, 0.4) is 0 Å². The largest absolute Gasteiger partial charge is 0.342 e. The molecule has 3 nitrogen and oxygen atoms in total. The van der Waals surface area contributed by atoms with Crippen molar-refractivity contribution in [3.63, 3.8) is 0 Å². The van der Waals surface area contributed by atoms with Crippen LogP contribution in [-0.4, -0.2) is 29.9 Å². The first kappa shape index (κ1) is 8.53. The Morgan fingerprint density at radius 2 is 2.00 bits per heavy atom. The van der Waals surface area contributed by atoms with Crippen LogP contribution < -0.4 is 5.73 Å². The molecule has 1 heterocycles. The molecule has 1 amide bonds. The number of likely N-dealkylation sites (tertiary alicyclic amines) is 1. The molecule has 0 aromatic rings. The quantitative estimate of drug-likeness (QED) is 0.621. The Bertz CT molecular complexity index is 152. The van der Waals surface area contributed by atoms with Gasteiger partial charge in [-0.15, -0.1) is 0 Å². The summed E-state index contributed by atoms with van der Waals surface area (Å²) in [5, 5.41) is 0. The van der Waals surface area contributed by atoms with Gasteiger partial charge in [0.2, 0.25) is 5.91 Å². The first-order chi connectivity index (χ1) is 5.13. The van der Waals surface area contributed by atoms with Crippen LogP contribution in [0.2, 0.25) is 0 Å². The molecule has 0 aromatic heterocycles. The van der Waals surface area contributed by atoms with E-state index in [9.17, 15) is 4.79 Å². The van der Waals surface area contributed by atoms with Crippen LogP contribution in [0.25, 0.3) is 0 Å². The SMILES string of the molecule is CC(N)C(C)C(=O)N1CCC1. The fourth-order valence-electron chi connectivity index (χ4n) is 1.05. The van der Waals surface area contributed by atoms with Crippen LogP contribution in [0.1, 0.15) is 20.3 Å². The molecule has 2 atom stereocenters. The van der Waals surface area contributed by atoms with Crippen molar-refractivity contribution in [1.29, 1.82) is 0 Å². The number of nitrogens with zero attached hydrogens (tertiary/aromatic N) is 1. The number of carbonyl (C=O) groups excluding carboxylic acids is 1. The molecule has 2 N–H and O–H groups in total. The number of amides is 1. The topological polar surface area (TPSA) is 46.3 Å². The van der Waals surface area contributed by atoms with Gasteiger partial charge in [-0.2, -0.15) is 0 Å². The van der Waals surface area contributed by atoms with E-state index in [4.69, 9.17) is 5.73 Å². The third kappa shape index (κ3) is 1.71. The highest BCUT2D eigenvalue weighted by atomic mass is 16.2. The summed E-state index contributed by atoms with van der Waals surface area (Å²) in [6.07, 6.45) is 1.15. The van der Waals surface area contributed by atoms with Gasteiger partial charge in [0, 0.05) is 19.1 Å². The Balaban J connectivity index is 2.39. The van der Waals surface area contributed by atoms with Crippen molar-refractivity contribution in [2.75, 3.05) is 13.1 Å². The van der Waals surface area contributed by atoms with Crippen LogP contribution in [-0.2, 0) is 4.79 Å². The van der Waals surface area contributed by atoms with E-state index in [1.54, 1.807) is 0 Å². The van der Waals surface area contributed by atoms with Crippen molar-refractivity contribution in [1.82, 2.24) is 4.90 Å². The summed E-state index contributed by atoms with van der Waals surface area (Å²) >= 11 is 0. The maximum atomic E-state index is 11.4. The Morgan fingerprint density at radius 1 is 1.45 bits per heavy atom. The predicted octanol–water partition coefficient (Wildman–Crippen LogP) is 0.202. The molecule has 0 aromatic carbocycles. The molecule has 0 aliphatic carbocycles. The van der Waals surface area contributed by atoms with Crippen molar-refractivity contribution < 1.29 is 4.79 Å². The summed E-state index contributed by atoms with van der Waals surface area (Å²) in [6, 6.07) is -0.0249. The molecule has 3 heteroatoms. The third-order valence-electron chi connectivity index (χ3n) is 2.35. The average Bonchev–Trinajstić information content (AvgIpc) is 1.82. The van der Waals surface area contributed by atoms with E-state index in [-0.39, 0.29) is 17.9 Å². The molecular formula is C8H16N2O. The molecule has 1 rings (SSSR count). The Labute approximate surface area is 67.5 Å². The smallest absolute Gasteiger partial charge is 0.226 e. The zero-order chi connectivity index (χ0) is 8.43. The third-order valence-corrected chi connectivity index (χ3v) is 2.35.